The van der Waals surface area contributed by atoms with Crippen molar-refractivity contribution in [3.05, 3.63) is 34.3 Å². The van der Waals surface area contributed by atoms with E-state index in [9.17, 15) is 10.1 Å². The molecule has 2 heterocycles. The fraction of sp³-hybridized carbons (Fsp3) is 0.125. The number of fused-ring (bicyclic) bond motifs is 1. The lowest BCUT2D eigenvalue weighted by Crippen LogP contribution is -1.86. The molecule has 0 aliphatic rings. The molecule has 0 unspecified atom stereocenters. The van der Waals surface area contributed by atoms with Crippen LogP contribution in [-0.4, -0.2) is 14.9 Å². The first-order valence-corrected chi connectivity index (χ1v) is 3.76. The zero-order valence-corrected chi connectivity index (χ0v) is 6.94. The number of rotatable bonds is 1. The van der Waals surface area contributed by atoms with Crippen LogP contribution in [0, 0.1) is 17.0 Å². The zero-order chi connectivity index (χ0) is 9.42. The van der Waals surface area contributed by atoms with Gasteiger partial charge in [-0.05, 0) is 13.0 Å². The van der Waals surface area contributed by atoms with E-state index >= 15 is 0 Å². The highest BCUT2D eigenvalue weighted by Gasteiger charge is 2.13. The molecule has 0 atom stereocenters. The number of hydrogen-bond acceptors (Lipinski definition) is 3. The molecule has 0 radical (unpaired) electrons. The van der Waals surface area contributed by atoms with Gasteiger partial charge in [0, 0.05) is 11.9 Å². The second kappa shape index (κ2) is 2.55. The van der Waals surface area contributed by atoms with E-state index in [4.69, 9.17) is 0 Å². The molecule has 66 valence electrons. The Kier molecular flexibility index (Phi) is 1.51. The predicted molar refractivity (Wildman–Crippen MR) is 47.5 cm³/mol. The number of aryl methyl sites for hydroxylation is 1. The normalized spacial score (nSPS) is 10.5. The summed E-state index contributed by atoms with van der Waals surface area (Å²) < 4.78 is 0. The Morgan fingerprint density at radius 1 is 1.62 bits per heavy atom. The van der Waals surface area contributed by atoms with E-state index in [0.29, 0.717) is 5.39 Å². The second-order valence-electron chi connectivity index (χ2n) is 2.80. The molecule has 0 aromatic carbocycles. The molecule has 0 fully saturated rings. The molecule has 0 saturated carbocycles. The Labute approximate surface area is 73.6 Å². The number of nitrogens with zero attached hydrogens (tertiary/aromatic N) is 2. The molecule has 0 amide bonds. The Morgan fingerprint density at radius 2 is 2.38 bits per heavy atom. The number of pyridine rings is 1. The number of hydrogen-bond donors (Lipinski definition) is 1. The number of H-pyrrole nitrogens is 1. The first-order chi connectivity index (χ1) is 6.18. The molecule has 1 N–H and O–H groups in total. The minimum Gasteiger partial charge on any atom is -0.355 e. The average Bonchev–Trinajstić information content (AvgIpc) is 2.46. The van der Waals surface area contributed by atoms with Crippen LogP contribution in [0.4, 0.5) is 5.69 Å². The van der Waals surface area contributed by atoms with Gasteiger partial charge in [0.2, 0.25) is 0 Å². The zero-order valence-electron chi connectivity index (χ0n) is 6.94. The van der Waals surface area contributed by atoms with Gasteiger partial charge in [-0.3, -0.25) is 15.1 Å². The summed E-state index contributed by atoms with van der Waals surface area (Å²) in [5.74, 6) is 0. The van der Waals surface area contributed by atoms with Crippen LogP contribution in [0.5, 0.6) is 0 Å². The van der Waals surface area contributed by atoms with Gasteiger partial charge in [-0.1, -0.05) is 0 Å². The molecule has 0 bridgehead atoms. The third-order valence-corrected chi connectivity index (χ3v) is 1.88. The van der Waals surface area contributed by atoms with Crippen molar-refractivity contribution in [3.63, 3.8) is 0 Å². The Morgan fingerprint density at radius 3 is 3.08 bits per heavy atom. The van der Waals surface area contributed by atoms with Gasteiger partial charge in [-0.25, -0.2) is 0 Å². The van der Waals surface area contributed by atoms with E-state index in [2.05, 4.69) is 9.97 Å². The van der Waals surface area contributed by atoms with Gasteiger partial charge in [0.05, 0.1) is 22.0 Å². The molecule has 0 aliphatic heterocycles. The molecule has 2 aromatic rings. The fourth-order valence-corrected chi connectivity index (χ4v) is 1.26. The summed E-state index contributed by atoms with van der Waals surface area (Å²) in [5, 5.41) is 11.1. The van der Waals surface area contributed by atoms with Crippen molar-refractivity contribution in [1.82, 2.24) is 9.97 Å². The summed E-state index contributed by atoms with van der Waals surface area (Å²) in [6.45, 7) is 1.84. The molecular weight excluding hydrogens is 170 g/mol. The largest absolute Gasteiger partial charge is 0.355 e. The van der Waals surface area contributed by atoms with Gasteiger partial charge in [0.15, 0.2) is 0 Å². The van der Waals surface area contributed by atoms with Crippen LogP contribution in [0.3, 0.4) is 0 Å². The van der Waals surface area contributed by atoms with Crippen molar-refractivity contribution < 1.29 is 4.92 Å². The van der Waals surface area contributed by atoms with E-state index in [1.54, 1.807) is 6.07 Å². The molecule has 0 saturated heterocycles. The van der Waals surface area contributed by atoms with Crippen LogP contribution in [-0.2, 0) is 0 Å². The predicted octanol–water partition coefficient (Wildman–Crippen LogP) is 1.78. The van der Waals surface area contributed by atoms with Gasteiger partial charge in [0.1, 0.15) is 0 Å². The van der Waals surface area contributed by atoms with E-state index in [0.717, 1.165) is 11.2 Å². The van der Waals surface area contributed by atoms with Gasteiger partial charge in [0.25, 0.3) is 5.69 Å². The number of aromatic amines is 1. The van der Waals surface area contributed by atoms with E-state index < -0.39 is 4.92 Å². The van der Waals surface area contributed by atoms with E-state index in [1.807, 2.05) is 6.92 Å². The van der Waals surface area contributed by atoms with Crippen molar-refractivity contribution in [2.45, 2.75) is 6.92 Å². The summed E-state index contributed by atoms with van der Waals surface area (Å²) in [6.07, 6.45) is 2.89. The minimum absolute atomic E-state index is 0.0718. The second-order valence-corrected chi connectivity index (χ2v) is 2.80. The summed E-state index contributed by atoms with van der Waals surface area (Å²) in [7, 11) is 0. The molecule has 0 aliphatic carbocycles. The summed E-state index contributed by atoms with van der Waals surface area (Å²) >= 11 is 0. The highest BCUT2D eigenvalue weighted by molar-refractivity contribution is 5.88. The van der Waals surface area contributed by atoms with Crippen LogP contribution in [0.1, 0.15) is 5.69 Å². The lowest BCUT2D eigenvalue weighted by atomic mass is 10.3. The molecular formula is C8H7N3O2. The number of nitro groups is 1. The SMILES string of the molecule is Cc1cc2[nH]cc([N+](=O)[O-])c2cn1. The first-order valence-electron chi connectivity index (χ1n) is 3.76. The Bertz CT molecular complexity index is 475. The average molecular weight is 177 g/mol. The molecule has 2 aromatic heterocycles. The minimum atomic E-state index is -0.421. The molecule has 5 heteroatoms. The molecule has 5 nitrogen and oxygen atoms in total. The molecule has 0 spiro atoms. The van der Waals surface area contributed by atoms with Gasteiger partial charge in [-0.15, -0.1) is 0 Å². The van der Waals surface area contributed by atoms with Crippen LogP contribution in [0.15, 0.2) is 18.5 Å². The van der Waals surface area contributed by atoms with Crippen molar-refractivity contribution >= 4 is 16.6 Å². The van der Waals surface area contributed by atoms with Crippen molar-refractivity contribution in [1.29, 1.82) is 0 Å². The lowest BCUT2D eigenvalue weighted by molar-refractivity contribution is -0.383. The summed E-state index contributed by atoms with van der Waals surface area (Å²) in [6, 6.07) is 1.78. The number of aromatic nitrogens is 2. The Balaban J connectivity index is 2.76. The summed E-state index contributed by atoms with van der Waals surface area (Å²) in [5.41, 5.74) is 1.66. The summed E-state index contributed by atoms with van der Waals surface area (Å²) in [4.78, 5) is 16.9. The highest BCUT2D eigenvalue weighted by Crippen LogP contribution is 2.23. The number of nitrogens with one attached hydrogen (secondary N) is 1. The van der Waals surface area contributed by atoms with Gasteiger partial charge < -0.3 is 4.98 Å². The lowest BCUT2D eigenvalue weighted by Gasteiger charge is -1.91. The van der Waals surface area contributed by atoms with E-state index in [1.165, 1.54) is 12.4 Å². The van der Waals surface area contributed by atoms with Crippen LogP contribution >= 0.6 is 0 Å². The van der Waals surface area contributed by atoms with E-state index in [-0.39, 0.29) is 5.69 Å². The smallest absolute Gasteiger partial charge is 0.296 e. The van der Waals surface area contributed by atoms with Gasteiger partial charge in [-0.2, -0.15) is 0 Å². The fourth-order valence-electron chi connectivity index (χ4n) is 1.26. The molecule has 13 heavy (non-hydrogen) atoms. The maximum Gasteiger partial charge on any atom is 0.296 e. The Hall–Kier alpha value is -1.91. The van der Waals surface area contributed by atoms with Crippen molar-refractivity contribution in [3.8, 4) is 0 Å². The van der Waals surface area contributed by atoms with Gasteiger partial charge >= 0.3 is 0 Å². The third kappa shape index (κ3) is 1.14. The highest BCUT2D eigenvalue weighted by atomic mass is 16.6. The topological polar surface area (TPSA) is 71.8 Å². The quantitative estimate of drug-likeness (QED) is 0.533. The third-order valence-electron chi connectivity index (χ3n) is 1.88. The monoisotopic (exact) mass is 177 g/mol. The van der Waals surface area contributed by atoms with Crippen LogP contribution in [0.2, 0.25) is 0 Å². The standard InChI is InChI=1S/C8H7N3O2/c1-5-2-7-6(3-9-5)8(4-10-7)11(12)13/h2-4,10H,1H3. The maximum absolute atomic E-state index is 10.5. The first kappa shape index (κ1) is 7.72. The molecule has 2 rings (SSSR count). The van der Waals surface area contributed by atoms with Crippen molar-refractivity contribution in [2.75, 3.05) is 0 Å². The van der Waals surface area contributed by atoms with Crippen LogP contribution < -0.4 is 0 Å². The van der Waals surface area contributed by atoms with Crippen molar-refractivity contribution in [2.24, 2.45) is 0 Å². The maximum atomic E-state index is 10.5. The van der Waals surface area contributed by atoms with Crippen LogP contribution in [0.25, 0.3) is 10.9 Å².